The smallest absolute Gasteiger partial charge is 0.146 e. The molecule has 1 aromatic carbocycles. The van der Waals surface area contributed by atoms with Gasteiger partial charge in [-0.15, -0.1) is 0 Å². The molecule has 0 aliphatic heterocycles. The molecule has 0 atom stereocenters. The molecule has 0 aliphatic rings. The van der Waals surface area contributed by atoms with E-state index in [0.29, 0.717) is 13.4 Å². The topological polar surface area (TPSA) is 18.5 Å². The maximum Gasteiger partial charge on any atom is 0.146 e. The number of benzene rings is 1. The van der Waals surface area contributed by atoms with Gasteiger partial charge in [0.25, 0.3) is 0 Å². The van der Waals surface area contributed by atoms with Crippen LogP contribution in [0.15, 0.2) is 24.3 Å². The fourth-order valence-corrected chi connectivity index (χ4v) is 1.34. The van der Waals surface area contributed by atoms with Crippen LogP contribution in [-0.2, 0) is 21.5 Å². The van der Waals surface area contributed by atoms with E-state index < -0.39 is 0 Å². The first-order chi connectivity index (χ1) is 7.04. The van der Waals surface area contributed by atoms with E-state index in [4.69, 9.17) is 9.47 Å². The van der Waals surface area contributed by atoms with Crippen LogP contribution < -0.4 is 0 Å². The summed E-state index contributed by atoms with van der Waals surface area (Å²) in [4.78, 5) is 0. The summed E-state index contributed by atoms with van der Waals surface area (Å²) in [5.74, 6) is 0. The highest BCUT2D eigenvalue weighted by Gasteiger charge is 2.12. The van der Waals surface area contributed by atoms with Gasteiger partial charge < -0.3 is 9.47 Å². The standard InChI is InChI=1S/C13H20O2/c1-13(2,3)12-7-5-11(6-8-12)9-15-10-14-4/h5-8H,9-10H2,1-4H3. The number of rotatable bonds is 4. The third-order valence-electron chi connectivity index (χ3n) is 2.29. The maximum atomic E-state index is 5.27. The molecular weight excluding hydrogens is 188 g/mol. The first kappa shape index (κ1) is 12.2. The van der Waals surface area contributed by atoms with Crippen LogP contribution in [0.3, 0.4) is 0 Å². The molecule has 15 heavy (non-hydrogen) atoms. The summed E-state index contributed by atoms with van der Waals surface area (Å²) in [6.45, 7) is 7.59. The zero-order chi connectivity index (χ0) is 11.3. The quantitative estimate of drug-likeness (QED) is 0.559. The molecule has 0 saturated heterocycles. The highest BCUT2D eigenvalue weighted by atomic mass is 16.7. The molecule has 0 spiro atoms. The highest BCUT2D eigenvalue weighted by Crippen LogP contribution is 2.22. The highest BCUT2D eigenvalue weighted by molar-refractivity contribution is 5.27. The van der Waals surface area contributed by atoms with Crippen molar-refractivity contribution in [3.05, 3.63) is 35.4 Å². The van der Waals surface area contributed by atoms with Gasteiger partial charge in [0.05, 0.1) is 6.61 Å². The van der Waals surface area contributed by atoms with Gasteiger partial charge in [-0.05, 0) is 16.5 Å². The summed E-state index contributed by atoms with van der Waals surface area (Å²) in [5.41, 5.74) is 2.74. The van der Waals surface area contributed by atoms with Gasteiger partial charge in [0.15, 0.2) is 0 Å². The minimum atomic E-state index is 0.214. The Balaban J connectivity index is 2.57. The van der Waals surface area contributed by atoms with Crippen molar-refractivity contribution in [2.45, 2.75) is 32.8 Å². The second-order valence-corrected chi connectivity index (χ2v) is 4.70. The lowest BCUT2D eigenvalue weighted by molar-refractivity contribution is -0.0390. The van der Waals surface area contributed by atoms with Crippen LogP contribution in [0, 0.1) is 0 Å². The Hall–Kier alpha value is -0.860. The van der Waals surface area contributed by atoms with E-state index in [1.807, 2.05) is 0 Å². The lowest BCUT2D eigenvalue weighted by atomic mass is 9.87. The zero-order valence-electron chi connectivity index (χ0n) is 10.0. The molecule has 0 aromatic heterocycles. The molecule has 0 N–H and O–H groups in total. The van der Waals surface area contributed by atoms with Gasteiger partial charge in [-0.25, -0.2) is 0 Å². The van der Waals surface area contributed by atoms with Gasteiger partial charge in [-0.1, -0.05) is 45.0 Å². The molecule has 0 unspecified atom stereocenters. The monoisotopic (exact) mass is 208 g/mol. The van der Waals surface area contributed by atoms with Gasteiger partial charge in [-0.2, -0.15) is 0 Å². The molecular formula is C13H20O2. The van der Waals surface area contributed by atoms with Crippen molar-refractivity contribution in [3.63, 3.8) is 0 Å². The normalized spacial score (nSPS) is 11.7. The molecule has 0 fully saturated rings. The van der Waals surface area contributed by atoms with E-state index in [-0.39, 0.29) is 5.41 Å². The largest absolute Gasteiger partial charge is 0.359 e. The molecule has 2 nitrogen and oxygen atoms in total. The van der Waals surface area contributed by atoms with Crippen molar-refractivity contribution < 1.29 is 9.47 Å². The molecule has 1 aromatic rings. The first-order valence-corrected chi connectivity index (χ1v) is 5.20. The Morgan fingerprint density at radius 2 is 1.67 bits per heavy atom. The van der Waals surface area contributed by atoms with E-state index in [1.165, 1.54) is 11.1 Å². The minimum Gasteiger partial charge on any atom is -0.359 e. The molecule has 0 amide bonds. The Bertz CT molecular complexity index is 282. The van der Waals surface area contributed by atoms with Crippen LogP contribution in [0.25, 0.3) is 0 Å². The van der Waals surface area contributed by atoms with Crippen molar-refractivity contribution in [1.29, 1.82) is 0 Å². The van der Waals surface area contributed by atoms with E-state index in [9.17, 15) is 0 Å². The SMILES string of the molecule is COCOCc1ccc(C(C)(C)C)cc1. The zero-order valence-corrected chi connectivity index (χ0v) is 10.0. The van der Waals surface area contributed by atoms with Crippen molar-refractivity contribution >= 4 is 0 Å². The van der Waals surface area contributed by atoms with Gasteiger partial charge in [0.1, 0.15) is 6.79 Å². The molecule has 0 radical (unpaired) electrons. The van der Waals surface area contributed by atoms with Crippen LogP contribution in [0.5, 0.6) is 0 Å². The molecule has 1 rings (SSSR count). The van der Waals surface area contributed by atoms with Crippen molar-refractivity contribution in [3.8, 4) is 0 Å². The fraction of sp³-hybridized carbons (Fsp3) is 0.538. The molecule has 84 valence electrons. The minimum absolute atomic E-state index is 0.214. The summed E-state index contributed by atoms with van der Waals surface area (Å²) in [7, 11) is 1.63. The van der Waals surface area contributed by atoms with Gasteiger partial charge in [0.2, 0.25) is 0 Å². The number of methoxy groups -OCH3 is 1. The predicted octanol–water partition coefficient (Wildman–Crippen LogP) is 3.10. The first-order valence-electron chi connectivity index (χ1n) is 5.20. The summed E-state index contributed by atoms with van der Waals surface area (Å²) < 4.78 is 10.1. The predicted molar refractivity (Wildman–Crippen MR) is 61.8 cm³/mol. The third-order valence-corrected chi connectivity index (χ3v) is 2.29. The van der Waals surface area contributed by atoms with E-state index in [1.54, 1.807) is 7.11 Å². The Kier molecular flexibility index (Phi) is 4.30. The van der Waals surface area contributed by atoms with Crippen molar-refractivity contribution in [2.75, 3.05) is 13.9 Å². The third kappa shape index (κ3) is 4.02. The van der Waals surface area contributed by atoms with Crippen LogP contribution in [0.4, 0.5) is 0 Å². The lowest BCUT2D eigenvalue weighted by Gasteiger charge is -2.19. The van der Waals surface area contributed by atoms with Gasteiger partial charge in [-0.3, -0.25) is 0 Å². The Labute approximate surface area is 92.2 Å². The van der Waals surface area contributed by atoms with Crippen LogP contribution in [-0.4, -0.2) is 13.9 Å². The Morgan fingerprint density at radius 1 is 1.07 bits per heavy atom. The molecule has 2 heteroatoms. The van der Waals surface area contributed by atoms with Crippen LogP contribution in [0.1, 0.15) is 31.9 Å². The molecule has 0 bridgehead atoms. The fourth-order valence-electron chi connectivity index (χ4n) is 1.34. The number of hydrogen-bond acceptors (Lipinski definition) is 2. The number of hydrogen-bond donors (Lipinski definition) is 0. The van der Waals surface area contributed by atoms with Gasteiger partial charge >= 0.3 is 0 Å². The second-order valence-electron chi connectivity index (χ2n) is 4.70. The average Bonchev–Trinajstić information content (AvgIpc) is 2.18. The maximum absolute atomic E-state index is 5.27. The second kappa shape index (κ2) is 5.29. The van der Waals surface area contributed by atoms with Crippen molar-refractivity contribution in [2.24, 2.45) is 0 Å². The van der Waals surface area contributed by atoms with Crippen molar-refractivity contribution in [1.82, 2.24) is 0 Å². The van der Waals surface area contributed by atoms with Crippen LogP contribution in [0.2, 0.25) is 0 Å². The lowest BCUT2D eigenvalue weighted by Crippen LogP contribution is -2.10. The van der Waals surface area contributed by atoms with Gasteiger partial charge in [0, 0.05) is 7.11 Å². The van der Waals surface area contributed by atoms with E-state index in [2.05, 4.69) is 45.0 Å². The molecule has 0 aliphatic carbocycles. The average molecular weight is 208 g/mol. The summed E-state index contributed by atoms with van der Waals surface area (Å²) in [5, 5.41) is 0. The van der Waals surface area contributed by atoms with Crippen LogP contribution >= 0.6 is 0 Å². The summed E-state index contributed by atoms with van der Waals surface area (Å²) >= 11 is 0. The van der Waals surface area contributed by atoms with E-state index >= 15 is 0 Å². The molecule has 0 saturated carbocycles. The summed E-state index contributed by atoms with van der Waals surface area (Å²) in [6.07, 6.45) is 0. The number of ether oxygens (including phenoxy) is 2. The summed E-state index contributed by atoms with van der Waals surface area (Å²) in [6, 6.07) is 8.53. The van der Waals surface area contributed by atoms with E-state index in [0.717, 1.165) is 0 Å². The Morgan fingerprint density at radius 3 is 2.13 bits per heavy atom. The molecule has 0 heterocycles.